The van der Waals surface area contributed by atoms with Gasteiger partial charge in [-0.3, -0.25) is 4.79 Å². The molecule has 1 heterocycles. The molecule has 0 bridgehead atoms. The summed E-state index contributed by atoms with van der Waals surface area (Å²) in [5.74, 6) is 0.366. The highest BCUT2D eigenvalue weighted by Crippen LogP contribution is 2.24. The van der Waals surface area contributed by atoms with Gasteiger partial charge < -0.3 is 0 Å². The predicted octanol–water partition coefficient (Wildman–Crippen LogP) is 4.19. The lowest BCUT2D eigenvalue weighted by Gasteiger charge is -1.98. The standard InChI is InChI=1S/C10H12Br2OS/c11-6-1-2-8(13)3-4-10-9(12)5-7-14-10/h5,7H,1-4,6H2. The number of ketones is 1. The fraction of sp³-hybridized carbons (Fsp3) is 0.500. The molecule has 0 amide bonds. The van der Waals surface area contributed by atoms with Gasteiger partial charge in [0, 0.05) is 27.5 Å². The molecule has 1 rings (SSSR count). The van der Waals surface area contributed by atoms with E-state index in [1.54, 1.807) is 11.3 Å². The molecule has 0 atom stereocenters. The predicted molar refractivity (Wildman–Crippen MR) is 68.4 cm³/mol. The molecule has 0 aliphatic rings. The minimum absolute atomic E-state index is 0.366. The van der Waals surface area contributed by atoms with Crippen molar-refractivity contribution in [2.75, 3.05) is 5.33 Å². The Kier molecular flexibility index (Phi) is 5.98. The largest absolute Gasteiger partial charge is 0.300 e. The van der Waals surface area contributed by atoms with E-state index in [4.69, 9.17) is 0 Å². The van der Waals surface area contributed by atoms with Gasteiger partial charge in [-0.2, -0.15) is 0 Å². The van der Waals surface area contributed by atoms with Crippen LogP contribution in [0.5, 0.6) is 0 Å². The molecule has 1 aromatic heterocycles. The summed E-state index contributed by atoms with van der Waals surface area (Å²) < 4.78 is 1.13. The van der Waals surface area contributed by atoms with Crippen LogP contribution < -0.4 is 0 Å². The summed E-state index contributed by atoms with van der Waals surface area (Å²) in [7, 11) is 0. The highest BCUT2D eigenvalue weighted by Gasteiger charge is 2.05. The average molecular weight is 340 g/mol. The first-order chi connectivity index (χ1) is 6.74. The number of rotatable bonds is 6. The summed E-state index contributed by atoms with van der Waals surface area (Å²) in [4.78, 5) is 12.7. The molecule has 0 aliphatic carbocycles. The number of carbonyl (C=O) groups excluding carboxylic acids is 1. The molecule has 1 nitrogen and oxygen atoms in total. The van der Waals surface area contributed by atoms with Crippen LogP contribution in [0.4, 0.5) is 0 Å². The van der Waals surface area contributed by atoms with E-state index in [0.29, 0.717) is 18.6 Å². The van der Waals surface area contributed by atoms with Gasteiger partial charge >= 0.3 is 0 Å². The molecule has 0 spiro atoms. The van der Waals surface area contributed by atoms with Crippen LogP contribution in [0.25, 0.3) is 0 Å². The smallest absolute Gasteiger partial charge is 0.133 e. The Morgan fingerprint density at radius 3 is 2.79 bits per heavy atom. The number of halogens is 2. The van der Waals surface area contributed by atoms with Crippen molar-refractivity contribution >= 4 is 49.0 Å². The van der Waals surface area contributed by atoms with E-state index < -0.39 is 0 Å². The number of carbonyl (C=O) groups is 1. The molecule has 78 valence electrons. The SMILES string of the molecule is O=C(CCCBr)CCc1sccc1Br. The maximum absolute atomic E-state index is 11.4. The quantitative estimate of drug-likeness (QED) is 0.710. The second kappa shape index (κ2) is 6.75. The van der Waals surface area contributed by atoms with E-state index in [2.05, 4.69) is 31.9 Å². The number of Topliss-reactive ketones (excluding diaryl/α,β-unsaturated/α-hetero) is 1. The van der Waals surface area contributed by atoms with Crippen molar-refractivity contribution in [1.82, 2.24) is 0 Å². The van der Waals surface area contributed by atoms with Gasteiger partial charge in [-0.25, -0.2) is 0 Å². The van der Waals surface area contributed by atoms with E-state index in [-0.39, 0.29) is 0 Å². The molecule has 0 aromatic carbocycles. The molecule has 0 N–H and O–H groups in total. The maximum atomic E-state index is 11.4. The van der Waals surface area contributed by atoms with Crippen LogP contribution in [0, 0.1) is 0 Å². The molecule has 0 unspecified atom stereocenters. The van der Waals surface area contributed by atoms with Crippen molar-refractivity contribution in [3.05, 3.63) is 20.8 Å². The van der Waals surface area contributed by atoms with Crippen LogP contribution >= 0.6 is 43.2 Å². The second-order valence-electron chi connectivity index (χ2n) is 3.02. The van der Waals surface area contributed by atoms with Crippen molar-refractivity contribution in [1.29, 1.82) is 0 Å². The number of aryl methyl sites for hydroxylation is 1. The Hall–Kier alpha value is 0.330. The van der Waals surface area contributed by atoms with Crippen LogP contribution in [0.1, 0.15) is 24.1 Å². The highest BCUT2D eigenvalue weighted by molar-refractivity contribution is 9.10. The summed E-state index contributed by atoms with van der Waals surface area (Å²) >= 11 is 8.49. The molecule has 0 saturated heterocycles. The minimum atomic E-state index is 0.366. The fourth-order valence-electron chi connectivity index (χ4n) is 1.15. The normalized spacial score (nSPS) is 10.4. The molecule has 14 heavy (non-hydrogen) atoms. The van der Waals surface area contributed by atoms with E-state index in [1.807, 2.05) is 11.4 Å². The molecule has 0 radical (unpaired) electrons. The van der Waals surface area contributed by atoms with Crippen LogP contribution in [0.2, 0.25) is 0 Å². The Bertz CT molecular complexity index is 296. The topological polar surface area (TPSA) is 17.1 Å². The molecule has 4 heteroatoms. The van der Waals surface area contributed by atoms with Crippen molar-refractivity contribution in [3.63, 3.8) is 0 Å². The average Bonchev–Trinajstić information content (AvgIpc) is 2.58. The van der Waals surface area contributed by atoms with Gasteiger partial charge in [0.1, 0.15) is 5.78 Å². The maximum Gasteiger partial charge on any atom is 0.133 e. The summed E-state index contributed by atoms with van der Waals surface area (Å²) in [5.41, 5.74) is 0. The van der Waals surface area contributed by atoms with Crippen LogP contribution in [0.15, 0.2) is 15.9 Å². The summed E-state index contributed by atoms with van der Waals surface area (Å²) in [6, 6.07) is 2.03. The monoisotopic (exact) mass is 338 g/mol. The minimum Gasteiger partial charge on any atom is -0.300 e. The van der Waals surface area contributed by atoms with Crippen LogP contribution in [-0.2, 0) is 11.2 Å². The Balaban J connectivity index is 2.27. The molecule has 0 aliphatic heterocycles. The van der Waals surface area contributed by atoms with Crippen LogP contribution in [0.3, 0.4) is 0 Å². The Morgan fingerprint density at radius 2 is 2.21 bits per heavy atom. The second-order valence-corrected chi connectivity index (χ2v) is 5.67. The molecule has 0 fully saturated rings. The first-order valence-electron chi connectivity index (χ1n) is 4.53. The van der Waals surface area contributed by atoms with Gasteiger partial charge in [0.2, 0.25) is 0 Å². The van der Waals surface area contributed by atoms with E-state index in [9.17, 15) is 4.79 Å². The lowest BCUT2D eigenvalue weighted by molar-refractivity contribution is -0.119. The molecular weight excluding hydrogens is 328 g/mol. The van der Waals surface area contributed by atoms with Crippen molar-refractivity contribution in [2.45, 2.75) is 25.7 Å². The van der Waals surface area contributed by atoms with Gasteiger partial charge in [0.05, 0.1) is 0 Å². The van der Waals surface area contributed by atoms with Crippen molar-refractivity contribution in [3.8, 4) is 0 Å². The number of hydrogen-bond acceptors (Lipinski definition) is 2. The van der Waals surface area contributed by atoms with Gasteiger partial charge in [-0.05, 0) is 40.2 Å². The van der Waals surface area contributed by atoms with E-state index >= 15 is 0 Å². The number of alkyl halides is 1. The molecular formula is C10H12Br2OS. The van der Waals surface area contributed by atoms with Crippen LogP contribution in [-0.4, -0.2) is 11.1 Å². The zero-order chi connectivity index (χ0) is 10.4. The van der Waals surface area contributed by atoms with Crippen molar-refractivity contribution < 1.29 is 4.79 Å². The third-order valence-electron chi connectivity index (χ3n) is 1.91. The zero-order valence-electron chi connectivity index (χ0n) is 7.76. The lowest BCUT2D eigenvalue weighted by Crippen LogP contribution is -1.99. The van der Waals surface area contributed by atoms with E-state index in [0.717, 1.165) is 22.6 Å². The van der Waals surface area contributed by atoms with Gasteiger partial charge in [0.25, 0.3) is 0 Å². The third-order valence-corrected chi connectivity index (χ3v) is 4.46. The van der Waals surface area contributed by atoms with Gasteiger partial charge in [0.15, 0.2) is 0 Å². The van der Waals surface area contributed by atoms with Crippen molar-refractivity contribution in [2.24, 2.45) is 0 Å². The third kappa shape index (κ3) is 4.24. The lowest BCUT2D eigenvalue weighted by atomic mass is 10.1. The first kappa shape index (κ1) is 12.4. The Morgan fingerprint density at radius 1 is 1.43 bits per heavy atom. The van der Waals surface area contributed by atoms with E-state index in [1.165, 1.54) is 4.88 Å². The Labute approximate surface area is 105 Å². The molecule has 1 aromatic rings. The number of thiophene rings is 1. The van der Waals surface area contributed by atoms with Gasteiger partial charge in [-0.15, -0.1) is 11.3 Å². The summed E-state index contributed by atoms with van der Waals surface area (Å²) in [6.07, 6.45) is 3.20. The number of hydrogen-bond donors (Lipinski definition) is 0. The zero-order valence-corrected chi connectivity index (χ0v) is 11.8. The summed E-state index contributed by atoms with van der Waals surface area (Å²) in [6.45, 7) is 0. The van der Waals surface area contributed by atoms with Gasteiger partial charge in [-0.1, -0.05) is 15.9 Å². The fourth-order valence-corrected chi connectivity index (χ4v) is 2.98. The highest BCUT2D eigenvalue weighted by atomic mass is 79.9. The summed E-state index contributed by atoms with van der Waals surface area (Å²) in [5, 5.41) is 2.96. The first-order valence-corrected chi connectivity index (χ1v) is 7.33. The molecule has 0 saturated carbocycles.